The zero-order chi connectivity index (χ0) is 15.6. The molecule has 0 bridgehead atoms. The molecule has 0 atom stereocenters. The van der Waals surface area contributed by atoms with Crippen LogP contribution in [-0.4, -0.2) is 5.78 Å². The second-order valence-corrected chi connectivity index (χ2v) is 6.22. The smallest absolute Gasteiger partial charge is 0.201 e. The zero-order valence-electron chi connectivity index (χ0n) is 10.3. The first-order valence-corrected chi connectivity index (χ1v) is 7.63. The molecule has 0 aliphatic carbocycles. The number of hydrogen-bond donors (Lipinski definition) is 0. The van der Waals surface area contributed by atoms with Gasteiger partial charge < -0.3 is 0 Å². The number of hydrogen-bond acceptors (Lipinski definition) is 1. The maximum atomic E-state index is 13.5. The molecule has 0 aliphatic heterocycles. The van der Waals surface area contributed by atoms with E-state index in [2.05, 4.69) is 15.9 Å². The fraction of sp³-hybridized carbons (Fsp3) is 0. The van der Waals surface area contributed by atoms with Crippen LogP contribution in [0.2, 0.25) is 15.1 Å². The van der Waals surface area contributed by atoms with Crippen molar-refractivity contribution >= 4 is 62.6 Å². The summed E-state index contributed by atoms with van der Waals surface area (Å²) in [5, 5.41) is 0.555. The van der Waals surface area contributed by atoms with Crippen LogP contribution in [0.25, 0.3) is 6.08 Å². The van der Waals surface area contributed by atoms with Crippen LogP contribution in [-0.2, 0) is 0 Å². The summed E-state index contributed by atoms with van der Waals surface area (Å²) in [5.74, 6) is -1.14. The van der Waals surface area contributed by atoms with E-state index in [1.165, 1.54) is 6.07 Å². The summed E-state index contributed by atoms with van der Waals surface area (Å²) < 4.78 is 13.7. The van der Waals surface area contributed by atoms with Crippen LogP contribution < -0.4 is 0 Å². The fourth-order valence-corrected chi connectivity index (χ4v) is 2.67. The molecule has 0 aromatic heterocycles. The quantitative estimate of drug-likeness (QED) is 0.326. The van der Waals surface area contributed by atoms with Crippen LogP contribution in [0.5, 0.6) is 0 Å². The summed E-state index contributed by atoms with van der Waals surface area (Å²) in [6.07, 6.45) is 1.60. The Balaban J connectivity index is 2.35. The van der Waals surface area contributed by atoms with Crippen LogP contribution in [0, 0.1) is 5.82 Å². The Hall–Kier alpha value is -0.870. The van der Waals surface area contributed by atoms with Crippen molar-refractivity contribution in [2.75, 3.05) is 0 Å². The number of halogens is 5. The summed E-state index contributed by atoms with van der Waals surface area (Å²) in [7, 11) is 0. The van der Waals surface area contributed by atoms with Crippen LogP contribution >= 0.6 is 50.7 Å². The molecule has 0 spiro atoms. The molecule has 0 radical (unpaired) electrons. The van der Waals surface area contributed by atoms with Crippen molar-refractivity contribution in [2.24, 2.45) is 0 Å². The van der Waals surface area contributed by atoms with E-state index in [0.717, 1.165) is 11.6 Å². The predicted molar refractivity (Wildman–Crippen MR) is 89.1 cm³/mol. The number of ketones is 1. The van der Waals surface area contributed by atoms with Gasteiger partial charge in [0.25, 0.3) is 0 Å². The Morgan fingerprint density at radius 1 is 1.05 bits per heavy atom. The highest BCUT2D eigenvalue weighted by Gasteiger charge is 2.16. The molecule has 1 nitrogen and oxygen atoms in total. The zero-order valence-corrected chi connectivity index (χ0v) is 14.2. The van der Waals surface area contributed by atoms with Crippen molar-refractivity contribution < 1.29 is 9.18 Å². The third-order valence-electron chi connectivity index (χ3n) is 2.63. The number of rotatable bonds is 3. The first-order chi connectivity index (χ1) is 9.88. The molecular weight excluding hydrogens is 401 g/mol. The van der Waals surface area contributed by atoms with Gasteiger partial charge in [0.1, 0.15) is 5.82 Å². The monoisotopic (exact) mass is 406 g/mol. The number of allylic oxidation sites excluding steroid dienone is 1. The standard InChI is InChI=1S/C15H7BrCl3FO/c16-11(5-8-1-3-9(17)4-2-8)15(21)10-6-14(20)13(19)7-12(10)18/h1-7H/b11-5-. The molecule has 0 aliphatic rings. The van der Waals surface area contributed by atoms with Crippen molar-refractivity contribution in [3.8, 4) is 0 Å². The van der Waals surface area contributed by atoms with Crippen LogP contribution in [0.1, 0.15) is 15.9 Å². The molecule has 21 heavy (non-hydrogen) atoms. The van der Waals surface area contributed by atoms with E-state index in [0.29, 0.717) is 5.02 Å². The van der Waals surface area contributed by atoms with Crippen molar-refractivity contribution in [1.29, 1.82) is 0 Å². The highest BCUT2D eigenvalue weighted by molar-refractivity contribution is 9.12. The van der Waals surface area contributed by atoms with Crippen LogP contribution in [0.4, 0.5) is 4.39 Å². The van der Waals surface area contributed by atoms with Crippen molar-refractivity contribution in [3.63, 3.8) is 0 Å². The Bertz CT molecular complexity index is 726. The van der Waals surface area contributed by atoms with Crippen molar-refractivity contribution in [1.82, 2.24) is 0 Å². The van der Waals surface area contributed by atoms with E-state index in [4.69, 9.17) is 34.8 Å². The summed E-state index contributed by atoms with van der Waals surface area (Å²) in [6, 6.07) is 9.13. The molecule has 0 amide bonds. The second kappa shape index (κ2) is 6.93. The summed E-state index contributed by atoms with van der Waals surface area (Å²) >= 11 is 20.5. The number of Topliss-reactive ketones (excluding diaryl/α,β-unsaturated/α-hetero) is 1. The molecule has 2 aromatic rings. The van der Waals surface area contributed by atoms with E-state index in [-0.39, 0.29) is 20.1 Å². The molecule has 6 heteroatoms. The maximum Gasteiger partial charge on any atom is 0.201 e. The largest absolute Gasteiger partial charge is 0.288 e. The van der Waals surface area contributed by atoms with Gasteiger partial charge in [0.05, 0.1) is 14.5 Å². The van der Waals surface area contributed by atoms with Gasteiger partial charge in [-0.05, 0) is 51.8 Å². The third kappa shape index (κ3) is 4.07. The molecule has 0 fully saturated rings. The third-order valence-corrected chi connectivity index (χ3v) is 4.08. The highest BCUT2D eigenvalue weighted by atomic mass is 79.9. The van der Waals surface area contributed by atoms with Gasteiger partial charge in [0.2, 0.25) is 5.78 Å². The van der Waals surface area contributed by atoms with Gasteiger partial charge in [0.15, 0.2) is 0 Å². The summed E-state index contributed by atoms with van der Waals surface area (Å²) in [4.78, 5) is 12.3. The van der Waals surface area contributed by atoms with Crippen molar-refractivity contribution in [2.45, 2.75) is 0 Å². The molecule has 0 saturated carbocycles. The van der Waals surface area contributed by atoms with Crippen molar-refractivity contribution in [3.05, 3.63) is 72.9 Å². The molecule has 108 valence electrons. The average molecular weight is 408 g/mol. The van der Waals surface area contributed by atoms with E-state index in [1.807, 2.05) is 0 Å². The van der Waals surface area contributed by atoms with E-state index >= 15 is 0 Å². The molecule has 0 unspecified atom stereocenters. The number of carbonyl (C=O) groups excluding carboxylic acids is 1. The Morgan fingerprint density at radius 2 is 1.67 bits per heavy atom. The van der Waals surface area contributed by atoms with Gasteiger partial charge in [0, 0.05) is 10.6 Å². The summed E-state index contributed by atoms with van der Waals surface area (Å²) in [5.41, 5.74) is 0.806. The summed E-state index contributed by atoms with van der Waals surface area (Å²) in [6.45, 7) is 0. The molecule has 0 N–H and O–H groups in total. The van der Waals surface area contributed by atoms with Crippen LogP contribution in [0.15, 0.2) is 40.9 Å². The van der Waals surface area contributed by atoms with E-state index in [9.17, 15) is 9.18 Å². The lowest BCUT2D eigenvalue weighted by atomic mass is 10.1. The number of carbonyl (C=O) groups is 1. The maximum absolute atomic E-state index is 13.5. The first kappa shape index (κ1) is 16.5. The lowest BCUT2D eigenvalue weighted by Crippen LogP contribution is -2.01. The van der Waals surface area contributed by atoms with Gasteiger partial charge >= 0.3 is 0 Å². The van der Waals surface area contributed by atoms with Gasteiger partial charge in [-0.25, -0.2) is 4.39 Å². The first-order valence-electron chi connectivity index (χ1n) is 5.70. The minimum atomic E-state index is -0.698. The molecular formula is C15H7BrCl3FO. The average Bonchev–Trinajstić information content (AvgIpc) is 2.44. The lowest BCUT2D eigenvalue weighted by Gasteiger charge is -2.05. The SMILES string of the molecule is O=C(/C(Br)=C/c1ccc(Cl)cc1)c1cc(F)c(Cl)cc1Cl. The molecule has 2 aromatic carbocycles. The molecule has 2 rings (SSSR count). The molecule has 0 saturated heterocycles. The van der Waals surface area contributed by atoms with E-state index in [1.54, 1.807) is 30.3 Å². The number of benzene rings is 2. The fourth-order valence-electron chi connectivity index (χ4n) is 1.60. The predicted octanol–water partition coefficient (Wildman–Crippen LogP) is 6.40. The van der Waals surface area contributed by atoms with Crippen LogP contribution in [0.3, 0.4) is 0 Å². The highest BCUT2D eigenvalue weighted by Crippen LogP contribution is 2.28. The van der Waals surface area contributed by atoms with Gasteiger partial charge in [-0.3, -0.25) is 4.79 Å². The van der Waals surface area contributed by atoms with E-state index < -0.39 is 11.6 Å². The van der Waals surface area contributed by atoms with Gasteiger partial charge in [-0.15, -0.1) is 0 Å². The minimum Gasteiger partial charge on any atom is -0.288 e. The Kier molecular flexibility index (Phi) is 5.44. The normalized spacial score (nSPS) is 11.6. The second-order valence-electron chi connectivity index (χ2n) is 4.12. The topological polar surface area (TPSA) is 17.1 Å². The Morgan fingerprint density at radius 3 is 2.29 bits per heavy atom. The lowest BCUT2D eigenvalue weighted by molar-refractivity contribution is 0.104. The van der Waals surface area contributed by atoms with Gasteiger partial charge in [-0.1, -0.05) is 46.9 Å². The molecule has 0 heterocycles. The van der Waals surface area contributed by atoms with Gasteiger partial charge in [-0.2, -0.15) is 0 Å². The Labute approximate surface area is 144 Å². The minimum absolute atomic E-state index is 0.0376.